The number of phenolic OH excluding ortho intramolecular Hbond substituents is 1. The summed E-state index contributed by atoms with van der Waals surface area (Å²) >= 11 is 4.59. The number of nitrogens with zero attached hydrogens (tertiary/aromatic N) is 1. The molecule has 0 heterocycles. The molecule has 7 heteroatoms. The number of esters is 1. The summed E-state index contributed by atoms with van der Waals surface area (Å²) in [6.07, 6.45) is 1.31. The number of nitrogens with two attached hydrogens (primary N) is 1. The lowest BCUT2D eigenvalue weighted by molar-refractivity contribution is 0.00695. The molecule has 0 aromatic heterocycles. The Kier molecular flexibility index (Phi) is 5.04. The van der Waals surface area contributed by atoms with Crippen LogP contribution in [-0.4, -0.2) is 28.0 Å². The number of thiocarbonyl (C=S) groups is 1. The van der Waals surface area contributed by atoms with Crippen molar-refractivity contribution in [2.24, 2.45) is 10.8 Å². The molecule has 0 fully saturated rings. The fraction of sp³-hybridized carbons (Fsp3) is 0.308. The topological polar surface area (TPSA) is 96.9 Å². The molecule has 0 aliphatic rings. The second-order valence-corrected chi connectivity index (χ2v) is 5.45. The van der Waals surface area contributed by atoms with Crippen LogP contribution >= 0.6 is 12.2 Å². The number of hydrogen-bond donors (Lipinski definition) is 3. The molecule has 6 nitrogen and oxygen atoms in total. The molecule has 0 saturated heterocycles. The standard InChI is InChI=1S/C13H17N3O3S/c1-13(2,3)19-11(18)8-4-5-10(17)9(6-8)7-15-16-12(14)20/h4-7,17H,1-3H3,(H3,14,16,20). The van der Waals surface area contributed by atoms with Gasteiger partial charge in [0.15, 0.2) is 5.11 Å². The molecule has 0 aliphatic heterocycles. The Morgan fingerprint density at radius 2 is 2.15 bits per heavy atom. The van der Waals surface area contributed by atoms with Crippen LogP contribution in [0.2, 0.25) is 0 Å². The van der Waals surface area contributed by atoms with Gasteiger partial charge in [-0.05, 0) is 51.2 Å². The Hall–Kier alpha value is -2.15. The molecule has 0 aliphatic carbocycles. The molecule has 0 bridgehead atoms. The summed E-state index contributed by atoms with van der Waals surface area (Å²) in [5, 5.41) is 13.4. The van der Waals surface area contributed by atoms with Crippen molar-refractivity contribution in [3.05, 3.63) is 29.3 Å². The third kappa shape index (κ3) is 5.23. The van der Waals surface area contributed by atoms with Crippen LogP contribution in [-0.2, 0) is 4.74 Å². The molecule has 4 N–H and O–H groups in total. The van der Waals surface area contributed by atoms with Crippen molar-refractivity contribution in [1.29, 1.82) is 0 Å². The van der Waals surface area contributed by atoms with E-state index < -0.39 is 11.6 Å². The van der Waals surface area contributed by atoms with Gasteiger partial charge >= 0.3 is 5.97 Å². The zero-order chi connectivity index (χ0) is 15.3. The van der Waals surface area contributed by atoms with E-state index in [1.165, 1.54) is 24.4 Å². The molecule has 0 spiro atoms. The van der Waals surface area contributed by atoms with Gasteiger partial charge in [-0.3, -0.25) is 5.43 Å². The number of phenols is 1. The molecule has 1 rings (SSSR count). The van der Waals surface area contributed by atoms with Gasteiger partial charge in [0.05, 0.1) is 11.8 Å². The fourth-order valence-corrected chi connectivity index (χ4v) is 1.34. The van der Waals surface area contributed by atoms with Gasteiger partial charge < -0.3 is 15.6 Å². The van der Waals surface area contributed by atoms with Crippen molar-refractivity contribution in [3.63, 3.8) is 0 Å². The summed E-state index contributed by atoms with van der Waals surface area (Å²) in [4.78, 5) is 11.9. The monoisotopic (exact) mass is 295 g/mol. The average molecular weight is 295 g/mol. The van der Waals surface area contributed by atoms with E-state index in [4.69, 9.17) is 10.5 Å². The first-order valence-corrected chi connectivity index (χ1v) is 6.25. The number of nitrogens with one attached hydrogen (secondary N) is 1. The van der Waals surface area contributed by atoms with E-state index in [2.05, 4.69) is 22.7 Å². The summed E-state index contributed by atoms with van der Waals surface area (Å²) < 4.78 is 5.24. The van der Waals surface area contributed by atoms with Gasteiger partial charge in [-0.2, -0.15) is 5.10 Å². The molecule has 0 unspecified atom stereocenters. The minimum atomic E-state index is -0.587. The Bertz CT molecular complexity index is 550. The first kappa shape index (κ1) is 15.9. The van der Waals surface area contributed by atoms with Crippen LogP contribution in [0.15, 0.2) is 23.3 Å². The van der Waals surface area contributed by atoms with Crippen LogP contribution in [0.3, 0.4) is 0 Å². The van der Waals surface area contributed by atoms with Gasteiger partial charge in [-0.15, -0.1) is 0 Å². The lowest BCUT2D eigenvalue weighted by Gasteiger charge is -2.19. The highest BCUT2D eigenvalue weighted by molar-refractivity contribution is 7.80. The number of carbonyl (C=O) groups is 1. The zero-order valence-corrected chi connectivity index (χ0v) is 12.3. The van der Waals surface area contributed by atoms with E-state index in [1.54, 1.807) is 20.8 Å². The number of aromatic hydroxyl groups is 1. The minimum Gasteiger partial charge on any atom is -0.507 e. The molecule has 0 atom stereocenters. The number of ether oxygens (including phenoxy) is 1. The van der Waals surface area contributed by atoms with Gasteiger partial charge in [0, 0.05) is 5.56 Å². The van der Waals surface area contributed by atoms with Crippen LogP contribution in [0.25, 0.3) is 0 Å². The van der Waals surface area contributed by atoms with Gasteiger partial charge in [-0.1, -0.05) is 0 Å². The van der Waals surface area contributed by atoms with Crippen LogP contribution in [0, 0.1) is 0 Å². The van der Waals surface area contributed by atoms with Crippen LogP contribution in [0.5, 0.6) is 5.75 Å². The first-order chi connectivity index (χ1) is 9.19. The Labute approximate surface area is 122 Å². The summed E-state index contributed by atoms with van der Waals surface area (Å²) in [5.41, 5.74) is 7.64. The van der Waals surface area contributed by atoms with Crippen molar-refractivity contribution < 1.29 is 14.6 Å². The molecule has 1 aromatic carbocycles. The van der Waals surface area contributed by atoms with Crippen molar-refractivity contribution in [3.8, 4) is 5.75 Å². The highest BCUT2D eigenvalue weighted by atomic mass is 32.1. The van der Waals surface area contributed by atoms with Crippen LogP contribution in [0.1, 0.15) is 36.7 Å². The van der Waals surface area contributed by atoms with Crippen LogP contribution in [0.4, 0.5) is 0 Å². The Balaban J connectivity index is 2.93. The van der Waals surface area contributed by atoms with E-state index in [1.807, 2.05) is 0 Å². The summed E-state index contributed by atoms with van der Waals surface area (Å²) in [7, 11) is 0. The van der Waals surface area contributed by atoms with Gasteiger partial charge in [-0.25, -0.2) is 4.79 Å². The molecular formula is C13H17N3O3S. The van der Waals surface area contributed by atoms with Crippen LogP contribution < -0.4 is 11.2 Å². The third-order valence-electron chi connectivity index (χ3n) is 2.04. The summed E-state index contributed by atoms with van der Waals surface area (Å²) in [6.45, 7) is 5.33. The molecule has 1 aromatic rings. The summed E-state index contributed by atoms with van der Waals surface area (Å²) in [6, 6.07) is 4.33. The third-order valence-corrected chi connectivity index (χ3v) is 2.13. The van der Waals surface area contributed by atoms with E-state index in [0.717, 1.165) is 0 Å². The van der Waals surface area contributed by atoms with Crippen molar-refractivity contribution in [2.75, 3.05) is 0 Å². The maximum atomic E-state index is 11.9. The predicted molar refractivity (Wildman–Crippen MR) is 80.8 cm³/mol. The molecule has 0 amide bonds. The number of rotatable bonds is 3. The molecule has 20 heavy (non-hydrogen) atoms. The van der Waals surface area contributed by atoms with E-state index in [0.29, 0.717) is 11.1 Å². The number of hydrazone groups is 1. The molecular weight excluding hydrogens is 278 g/mol. The first-order valence-electron chi connectivity index (χ1n) is 5.84. The van der Waals surface area contributed by atoms with E-state index in [9.17, 15) is 9.90 Å². The lowest BCUT2D eigenvalue weighted by Crippen LogP contribution is -2.24. The van der Waals surface area contributed by atoms with Gasteiger partial charge in [0.25, 0.3) is 0 Å². The van der Waals surface area contributed by atoms with Gasteiger partial charge in [0.1, 0.15) is 11.4 Å². The largest absolute Gasteiger partial charge is 0.507 e. The van der Waals surface area contributed by atoms with E-state index >= 15 is 0 Å². The van der Waals surface area contributed by atoms with E-state index in [-0.39, 0.29) is 10.9 Å². The highest BCUT2D eigenvalue weighted by Crippen LogP contribution is 2.19. The minimum absolute atomic E-state index is 0.00374. The van der Waals surface area contributed by atoms with Gasteiger partial charge in [0.2, 0.25) is 0 Å². The van der Waals surface area contributed by atoms with Crippen molar-refractivity contribution >= 4 is 29.5 Å². The summed E-state index contributed by atoms with van der Waals surface area (Å²) in [5.74, 6) is -0.500. The maximum Gasteiger partial charge on any atom is 0.338 e. The second kappa shape index (κ2) is 6.33. The molecule has 0 saturated carbocycles. The average Bonchev–Trinajstić information content (AvgIpc) is 2.28. The molecule has 108 valence electrons. The Morgan fingerprint density at radius 1 is 1.50 bits per heavy atom. The fourth-order valence-electron chi connectivity index (χ4n) is 1.29. The normalized spacial score (nSPS) is 11.3. The van der Waals surface area contributed by atoms with Crippen molar-refractivity contribution in [2.45, 2.75) is 26.4 Å². The highest BCUT2D eigenvalue weighted by Gasteiger charge is 2.18. The van der Waals surface area contributed by atoms with Crippen molar-refractivity contribution in [1.82, 2.24) is 5.43 Å². The SMILES string of the molecule is CC(C)(C)OC(=O)c1ccc(O)c(C=NNC(N)=S)c1. The predicted octanol–water partition coefficient (Wildman–Crippen LogP) is 1.51. The smallest absolute Gasteiger partial charge is 0.338 e. The maximum absolute atomic E-state index is 11.9. The lowest BCUT2D eigenvalue weighted by atomic mass is 10.1. The zero-order valence-electron chi connectivity index (χ0n) is 11.5. The Morgan fingerprint density at radius 3 is 2.70 bits per heavy atom. The number of hydrogen-bond acceptors (Lipinski definition) is 5. The quantitative estimate of drug-likeness (QED) is 0.338. The number of carbonyl (C=O) groups excluding carboxylic acids is 1. The molecule has 0 radical (unpaired) electrons. The number of benzene rings is 1. The second-order valence-electron chi connectivity index (χ2n) is 5.01.